The zero-order chi connectivity index (χ0) is 25.4. The van der Waals surface area contributed by atoms with E-state index in [4.69, 9.17) is 16.7 Å². The minimum atomic E-state index is -0.0438. The summed E-state index contributed by atoms with van der Waals surface area (Å²) in [6, 6.07) is 19.5. The van der Waals surface area contributed by atoms with Crippen LogP contribution in [0.15, 0.2) is 67.0 Å². The monoisotopic (exact) mass is 483 g/mol. The number of ketones is 1. The van der Waals surface area contributed by atoms with Crippen LogP contribution in [0.25, 0.3) is 33.5 Å². The Balaban J connectivity index is 1.40. The number of hydrogen-bond donors (Lipinski definition) is 1. The predicted octanol–water partition coefficient (Wildman–Crippen LogP) is 6.44. The third-order valence-corrected chi connectivity index (χ3v) is 7.51. The second-order valence-electron chi connectivity index (χ2n) is 9.70. The molecule has 0 aliphatic heterocycles. The molecule has 1 saturated carbocycles. The molecule has 1 aliphatic rings. The number of carbonyl (C=O) groups is 1. The second-order valence-corrected chi connectivity index (χ2v) is 9.70. The van der Waals surface area contributed by atoms with Crippen LogP contribution in [0.2, 0.25) is 0 Å². The summed E-state index contributed by atoms with van der Waals surface area (Å²) in [5.74, 6) is 3.88. The molecule has 180 valence electrons. The summed E-state index contributed by atoms with van der Waals surface area (Å²) in [6.45, 7) is 0. The van der Waals surface area contributed by atoms with Crippen LogP contribution in [0.3, 0.4) is 0 Å². The van der Waals surface area contributed by atoms with Gasteiger partial charge in [0.25, 0.3) is 0 Å². The molecule has 6 rings (SSSR count). The largest absolute Gasteiger partial charge is 0.346 e. The Bertz CT molecular complexity index is 1690. The fourth-order valence-electron chi connectivity index (χ4n) is 5.54. The Morgan fingerprint density at radius 1 is 1.03 bits per heavy atom. The maximum absolute atomic E-state index is 13.0. The minimum Gasteiger partial charge on any atom is -0.346 e. The van der Waals surface area contributed by atoms with Crippen molar-refractivity contribution in [2.45, 2.75) is 38.1 Å². The summed E-state index contributed by atoms with van der Waals surface area (Å²) in [7, 11) is 0. The Hall–Kier alpha value is -4.68. The summed E-state index contributed by atoms with van der Waals surface area (Å²) in [6.07, 6.45) is 13.9. The lowest BCUT2D eigenvalue weighted by Gasteiger charge is -2.30. The fraction of sp³-hybridized carbons (Fsp3) is 0.226. The Kier molecular flexibility index (Phi) is 5.79. The van der Waals surface area contributed by atoms with Gasteiger partial charge >= 0.3 is 0 Å². The molecule has 0 amide bonds. The smallest absolute Gasteiger partial charge is 0.193 e. The highest BCUT2D eigenvalue weighted by molar-refractivity contribution is 6.09. The molecule has 1 N–H and O–H groups in total. The third kappa shape index (κ3) is 4.07. The van der Waals surface area contributed by atoms with Gasteiger partial charge in [-0.1, -0.05) is 30.2 Å². The van der Waals surface area contributed by atoms with Crippen molar-refractivity contribution in [3.63, 3.8) is 0 Å². The molecule has 0 radical (unpaired) electrons. The maximum Gasteiger partial charge on any atom is 0.193 e. The van der Waals surface area contributed by atoms with Crippen molar-refractivity contribution >= 4 is 27.9 Å². The maximum atomic E-state index is 13.0. The normalized spacial score (nSPS) is 17.5. The highest BCUT2D eigenvalue weighted by Gasteiger charge is 2.27. The Labute approximate surface area is 215 Å². The van der Waals surface area contributed by atoms with Crippen LogP contribution in [-0.2, 0) is 0 Å². The molecule has 3 aromatic heterocycles. The van der Waals surface area contributed by atoms with Gasteiger partial charge in [0.2, 0.25) is 0 Å². The highest BCUT2D eigenvalue weighted by Crippen LogP contribution is 2.40. The molecular formula is C31H25N5O. The number of nitrogens with zero attached hydrogens (tertiary/aromatic N) is 4. The summed E-state index contributed by atoms with van der Waals surface area (Å²) in [5.41, 5.74) is 5.71. The van der Waals surface area contributed by atoms with Gasteiger partial charge in [-0.2, -0.15) is 5.26 Å². The van der Waals surface area contributed by atoms with Gasteiger partial charge < -0.3 is 9.55 Å². The zero-order valence-corrected chi connectivity index (χ0v) is 20.3. The van der Waals surface area contributed by atoms with Gasteiger partial charge in [0, 0.05) is 46.3 Å². The average molecular weight is 484 g/mol. The number of aromatic nitrogens is 4. The quantitative estimate of drug-likeness (QED) is 0.230. The van der Waals surface area contributed by atoms with Gasteiger partial charge in [-0.3, -0.25) is 4.79 Å². The standard InChI is InChI=1S/C31H25N5O/c1-2-20-3-7-22(8-4-20)29(37)23-9-11-24(12-10-23)31-35-27-19-34-30-26(16-18-33-30)28(27)36(31)25-13-5-21(6-14-25)15-17-32/h1,3-4,7-12,16,18-19,21,25H,5-6,13-15H2,(H,33,34)/t21-,25-. The molecule has 3 heterocycles. The molecule has 6 nitrogen and oxygen atoms in total. The van der Waals surface area contributed by atoms with Crippen LogP contribution >= 0.6 is 0 Å². The van der Waals surface area contributed by atoms with Gasteiger partial charge in [0.05, 0.1) is 17.8 Å². The molecule has 6 heteroatoms. The number of pyridine rings is 1. The number of fused-ring (bicyclic) bond motifs is 3. The number of benzene rings is 2. The molecule has 0 saturated heterocycles. The molecule has 0 spiro atoms. The lowest BCUT2D eigenvalue weighted by atomic mass is 9.84. The van der Waals surface area contributed by atoms with Crippen molar-refractivity contribution in [2.75, 3.05) is 0 Å². The van der Waals surface area contributed by atoms with Crippen molar-refractivity contribution < 1.29 is 4.79 Å². The van der Waals surface area contributed by atoms with E-state index in [2.05, 4.69) is 32.6 Å². The van der Waals surface area contributed by atoms with Gasteiger partial charge in [0.1, 0.15) is 17.0 Å². The van der Waals surface area contributed by atoms with E-state index in [1.807, 2.05) is 36.7 Å². The molecular weight excluding hydrogens is 458 g/mol. The first kappa shape index (κ1) is 22.8. The number of hydrogen-bond acceptors (Lipinski definition) is 4. The van der Waals surface area contributed by atoms with E-state index in [9.17, 15) is 4.79 Å². The first-order chi connectivity index (χ1) is 18.2. The number of rotatable bonds is 5. The zero-order valence-electron chi connectivity index (χ0n) is 20.3. The molecule has 0 unspecified atom stereocenters. The number of imidazole rings is 1. The molecule has 0 atom stereocenters. The fourth-order valence-corrected chi connectivity index (χ4v) is 5.54. The van der Waals surface area contributed by atoms with Gasteiger partial charge in [0.15, 0.2) is 5.78 Å². The van der Waals surface area contributed by atoms with E-state index >= 15 is 0 Å². The number of H-pyrrole nitrogens is 1. The van der Waals surface area contributed by atoms with Crippen molar-refractivity contribution in [3.05, 3.63) is 83.7 Å². The molecule has 0 bridgehead atoms. The van der Waals surface area contributed by atoms with Crippen LogP contribution in [-0.4, -0.2) is 25.3 Å². The predicted molar refractivity (Wildman–Crippen MR) is 144 cm³/mol. The Morgan fingerprint density at radius 2 is 1.73 bits per heavy atom. The average Bonchev–Trinajstić information content (AvgIpc) is 3.58. The Morgan fingerprint density at radius 3 is 2.41 bits per heavy atom. The van der Waals surface area contributed by atoms with Crippen molar-refractivity contribution in [2.24, 2.45) is 5.92 Å². The lowest BCUT2D eigenvalue weighted by Crippen LogP contribution is -2.19. The first-order valence-corrected chi connectivity index (χ1v) is 12.6. The lowest BCUT2D eigenvalue weighted by molar-refractivity contribution is 0.103. The highest BCUT2D eigenvalue weighted by atomic mass is 16.1. The van der Waals surface area contributed by atoms with Crippen LogP contribution in [0.1, 0.15) is 59.6 Å². The van der Waals surface area contributed by atoms with Crippen LogP contribution in [0, 0.1) is 29.6 Å². The van der Waals surface area contributed by atoms with Gasteiger partial charge in [-0.25, -0.2) is 9.97 Å². The summed E-state index contributed by atoms with van der Waals surface area (Å²) in [4.78, 5) is 25.8. The van der Waals surface area contributed by atoms with E-state index in [-0.39, 0.29) is 11.8 Å². The third-order valence-electron chi connectivity index (χ3n) is 7.51. The van der Waals surface area contributed by atoms with E-state index in [0.717, 1.165) is 64.7 Å². The van der Waals surface area contributed by atoms with Crippen molar-refractivity contribution in [1.29, 1.82) is 5.26 Å². The number of nitriles is 1. The number of carbonyl (C=O) groups excluding carboxylic acids is 1. The number of aromatic amines is 1. The molecule has 1 fully saturated rings. The van der Waals surface area contributed by atoms with E-state index < -0.39 is 0 Å². The van der Waals surface area contributed by atoms with Gasteiger partial charge in [-0.05, 0) is 61.9 Å². The number of terminal acetylenes is 1. The van der Waals surface area contributed by atoms with E-state index in [1.54, 1.807) is 24.3 Å². The van der Waals surface area contributed by atoms with Crippen molar-refractivity contribution in [1.82, 2.24) is 19.5 Å². The molecule has 1 aliphatic carbocycles. The van der Waals surface area contributed by atoms with Crippen molar-refractivity contribution in [3.8, 4) is 29.8 Å². The molecule has 37 heavy (non-hydrogen) atoms. The SMILES string of the molecule is C#Cc1ccc(C(=O)c2ccc(-c3nc4cnc5[nH]ccc5c4n3[C@H]3CC[C@H](CC#N)CC3)cc2)cc1. The minimum absolute atomic E-state index is 0.0438. The van der Waals surface area contributed by atoms with Crippen LogP contribution in [0.4, 0.5) is 0 Å². The van der Waals surface area contributed by atoms with E-state index in [1.165, 1.54) is 0 Å². The summed E-state index contributed by atoms with van der Waals surface area (Å²) >= 11 is 0. The summed E-state index contributed by atoms with van der Waals surface area (Å²) < 4.78 is 2.37. The summed E-state index contributed by atoms with van der Waals surface area (Å²) in [5, 5.41) is 10.2. The molecule has 2 aromatic carbocycles. The molecule has 5 aromatic rings. The number of nitrogens with one attached hydrogen (secondary N) is 1. The topological polar surface area (TPSA) is 87.4 Å². The second kappa shape index (κ2) is 9.41. The van der Waals surface area contributed by atoms with Crippen LogP contribution < -0.4 is 0 Å². The van der Waals surface area contributed by atoms with Crippen LogP contribution in [0.5, 0.6) is 0 Å². The first-order valence-electron chi connectivity index (χ1n) is 12.6. The van der Waals surface area contributed by atoms with Gasteiger partial charge in [-0.15, -0.1) is 6.42 Å². The van der Waals surface area contributed by atoms with E-state index in [0.29, 0.717) is 23.5 Å².